The largest absolute Gasteiger partial charge is 0.353 e. The van der Waals surface area contributed by atoms with Gasteiger partial charge in [-0.15, -0.1) is 35.3 Å². The number of nitrogens with zero attached hydrogens (tertiary/aromatic N) is 4. The molecule has 0 radical (unpaired) electrons. The predicted molar refractivity (Wildman–Crippen MR) is 112 cm³/mol. The van der Waals surface area contributed by atoms with Crippen molar-refractivity contribution in [3.63, 3.8) is 0 Å². The van der Waals surface area contributed by atoms with Crippen molar-refractivity contribution in [2.24, 2.45) is 4.99 Å². The molecule has 0 spiro atoms. The van der Waals surface area contributed by atoms with Gasteiger partial charge in [0.25, 0.3) is 0 Å². The number of halogens is 1. The fourth-order valence-electron chi connectivity index (χ4n) is 1.88. The number of aliphatic imine (C=N–C) groups is 1. The lowest BCUT2D eigenvalue weighted by Gasteiger charge is -2.25. The average molecular weight is 465 g/mol. The summed E-state index contributed by atoms with van der Waals surface area (Å²) in [5.41, 5.74) is 1.01. The molecule has 1 atom stereocenters. The second kappa shape index (κ2) is 11.4. The smallest absolute Gasteiger partial charge is 0.243 e. The van der Waals surface area contributed by atoms with Crippen LogP contribution in [0.3, 0.4) is 0 Å². The lowest BCUT2D eigenvalue weighted by Crippen LogP contribution is -2.42. The summed E-state index contributed by atoms with van der Waals surface area (Å²) in [6, 6.07) is 0. The third-order valence-electron chi connectivity index (χ3n) is 3.19. The molecule has 0 aliphatic heterocycles. The van der Waals surface area contributed by atoms with Crippen LogP contribution in [0, 0.1) is 0 Å². The second-order valence-electron chi connectivity index (χ2n) is 5.89. The van der Waals surface area contributed by atoms with Crippen LogP contribution in [0.1, 0.15) is 24.8 Å². The summed E-state index contributed by atoms with van der Waals surface area (Å²) in [5, 5.41) is 6.33. The summed E-state index contributed by atoms with van der Waals surface area (Å²) in [6.07, 6.45) is 1.82. The van der Waals surface area contributed by atoms with Crippen molar-refractivity contribution in [3.05, 3.63) is 28.7 Å². The molecule has 1 aromatic rings. The van der Waals surface area contributed by atoms with E-state index < -0.39 is 0 Å². The molecule has 0 saturated carbocycles. The molecule has 1 aromatic heterocycles. The molecule has 8 heteroatoms. The normalized spacial score (nSPS) is 12.1. The van der Waals surface area contributed by atoms with Gasteiger partial charge in [-0.3, -0.25) is 4.79 Å². The number of nitrogens with one attached hydrogen (secondary N) is 1. The molecule has 136 valence electrons. The first-order chi connectivity index (χ1) is 10.8. The van der Waals surface area contributed by atoms with E-state index in [1.807, 2.05) is 30.4 Å². The summed E-state index contributed by atoms with van der Waals surface area (Å²) in [6.45, 7) is 9.51. The van der Waals surface area contributed by atoms with E-state index in [4.69, 9.17) is 0 Å². The first kappa shape index (κ1) is 22.8. The molecule has 0 bridgehead atoms. The van der Waals surface area contributed by atoms with Gasteiger partial charge in [-0.2, -0.15) is 0 Å². The number of likely N-dealkylation sites (N-methyl/N-ethyl adjacent to an activating group) is 2. The van der Waals surface area contributed by atoms with Gasteiger partial charge in [-0.1, -0.05) is 19.1 Å². The van der Waals surface area contributed by atoms with E-state index in [0.717, 1.165) is 17.1 Å². The summed E-state index contributed by atoms with van der Waals surface area (Å²) in [7, 11) is 5.43. The Morgan fingerprint density at radius 1 is 1.46 bits per heavy atom. The maximum Gasteiger partial charge on any atom is 0.243 e. The maximum absolute atomic E-state index is 11.8. The molecule has 0 saturated heterocycles. The van der Waals surface area contributed by atoms with Crippen LogP contribution in [0.5, 0.6) is 0 Å². The van der Waals surface area contributed by atoms with Gasteiger partial charge in [0.05, 0.1) is 5.01 Å². The Morgan fingerprint density at radius 3 is 2.62 bits per heavy atom. The molecule has 0 aliphatic carbocycles. The summed E-state index contributed by atoms with van der Waals surface area (Å²) >= 11 is 1.65. The van der Waals surface area contributed by atoms with Crippen molar-refractivity contribution in [2.45, 2.75) is 19.8 Å². The highest BCUT2D eigenvalue weighted by molar-refractivity contribution is 14.0. The van der Waals surface area contributed by atoms with Gasteiger partial charge < -0.3 is 15.1 Å². The van der Waals surface area contributed by atoms with Gasteiger partial charge in [0.2, 0.25) is 5.91 Å². The van der Waals surface area contributed by atoms with Gasteiger partial charge in [0, 0.05) is 51.7 Å². The van der Waals surface area contributed by atoms with Crippen molar-refractivity contribution in [2.75, 3.05) is 40.8 Å². The number of rotatable bonds is 7. The minimum absolute atomic E-state index is 0. The molecule has 0 fully saturated rings. The fourth-order valence-corrected chi connectivity index (χ4v) is 2.57. The van der Waals surface area contributed by atoms with Crippen LogP contribution in [-0.2, 0) is 4.79 Å². The fraction of sp³-hybridized carbons (Fsp3) is 0.562. The zero-order valence-corrected chi connectivity index (χ0v) is 18.2. The first-order valence-corrected chi connectivity index (χ1v) is 8.42. The predicted octanol–water partition coefficient (Wildman–Crippen LogP) is 2.41. The van der Waals surface area contributed by atoms with Crippen LogP contribution in [0.2, 0.25) is 0 Å². The van der Waals surface area contributed by atoms with Crippen molar-refractivity contribution in [1.82, 2.24) is 20.1 Å². The first-order valence-electron chi connectivity index (χ1n) is 7.54. The summed E-state index contributed by atoms with van der Waals surface area (Å²) < 4.78 is 0. The number of aromatic nitrogens is 1. The highest BCUT2D eigenvalue weighted by Crippen LogP contribution is 2.18. The van der Waals surface area contributed by atoms with Gasteiger partial charge in [-0.05, 0) is 6.92 Å². The van der Waals surface area contributed by atoms with Crippen molar-refractivity contribution in [1.29, 1.82) is 0 Å². The highest BCUT2D eigenvalue weighted by Gasteiger charge is 2.15. The van der Waals surface area contributed by atoms with Crippen LogP contribution in [0.15, 0.2) is 28.7 Å². The van der Waals surface area contributed by atoms with E-state index in [1.54, 1.807) is 25.4 Å². The number of amides is 1. The SMILES string of the molecule is C=C(C)CNC(=NCC(=O)N(C)C)N(C)CC(C)c1nccs1.I. The molecule has 1 rings (SSSR count). The topological polar surface area (TPSA) is 60.8 Å². The number of hydrogen-bond donors (Lipinski definition) is 1. The highest BCUT2D eigenvalue weighted by atomic mass is 127. The van der Waals surface area contributed by atoms with E-state index in [9.17, 15) is 4.79 Å². The maximum atomic E-state index is 11.8. The monoisotopic (exact) mass is 465 g/mol. The summed E-state index contributed by atoms with van der Waals surface area (Å²) in [5.74, 6) is 0.967. The Kier molecular flexibility index (Phi) is 10.9. The zero-order chi connectivity index (χ0) is 17.4. The van der Waals surface area contributed by atoms with Gasteiger partial charge in [-0.25, -0.2) is 9.98 Å². The molecular weight excluding hydrogens is 437 g/mol. The van der Waals surface area contributed by atoms with Crippen LogP contribution >= 0.6 is 35.3 Å². The van der Waals surface area contributed by atoms with Crippen LogP contribution < -0.4 is 5.32 Å². The molecular formula is C16H28IN5OS. The third kappa shape index (κ3) is 8.09. The van der Waals surface area contributed by atoms with Gasteiger partial charge in [0.1, 0.15) is 6.54 Å². The average Bonchev–Trinajstić information content (AvgIpc) is 3.00. The number of guanidine groups is 1. The van der Waals surface area contributed by atoms with E-state index in [0.29, 0.717) is 18.4 Å². The van der Waals surface area contributed by atoms with E-state index in [1.165, 1.54) is 4.90 Å². The molecule has 1 unspecified atom stereocenters. The lowest BCUT2D eigenvalue weighted by atomic mass is 10.2. The third-order valence-corrected chi connectivity index (χ3v) is 4.20. The Labute approximate surface area is 166 Å². The van der Waals surface area contributed by atoms with E-state index in [-0.39, 0.29) is 36.4 Å². The minimum Gasteiger partial charge on any atom is -0.353 e. The number of thiazole rings is 1. The standard InChI is InChI=1S/C16H27N5OS.HI/c1-12(2)9-18-16(19-10-14(22)20(4)5)21(6)11-13(3)15-17-7-8-23-15;/h7-8,13H,1,9-11H2,2-6H3,(H,18,19);1H. The van der Waals surface area contributed by atoms with Crippen molar-refractivity contribution in [3.8, 4) is 0 Å². The Balaban J connectivity index is 0.00000529. The Morgan fingerprint density at radius 2 is 2.12 bits per heavy atom. The van der Waals surface area contributed by atoms with Crippen LogP contribution in [0.25, 0.3) is 0 Å². The van der Waals surface area contributed by atoms with E-state index in [2.05, 4.69) is 28.8 Å². The molecule has 1 heterocycles. The Hall–Kier alpha value is -1.16. The second-order valence-corrected chi connectivity index (χ2v) is 6.82. The molecule has 6 nitrogen and oxygen atoms in total. The molecule has 24 heavy (non-hydrogen) atoms. The molecule has 0 aromatic carbocycles. The number of carbonyl (C=O) groups excluding carboxylic acids is 1. The number of hydrogen-bond acceptors (Lipinski definition) is 4. The van der Waals surface area contributed by atoms with Gasteiger partial charge >= 0.3 is 0 Å². The Bertz CT molecular complexity index is 545. The van der Waals surface area contributed by atoms with Gasteiger partial charge in [0.15, 0.2) is 5.96 Å². The number of carbonyl (C=O) groups is 1. The van der Waals surface area contributed by atoms with Crippen molar-refractivity contribution < 1.29 is 4.79 Å². The molecule has 1 N–H and O–H groups in total. The van der Waals surface area contributed by atoms with Crippen LogP contribution in [0.4, 0.5) is 0 Å². The zero-order valence-electron chi connectivity index (χ0n) is 15.1. The quantitative estimate of drug-likeness (QED) is 0.291. The molecule has 0 aliphatic rings. The lowest BCUT2D eigenvalue weighted by molar-refractivity contribution is -0.127. The van der Waals surface area contributed by atoms with Crippen LogP contribution in [-0.4, -0.2) is 67.4 Å². The van der Waals surface area contributed by atoms with E-state index >= 15 is 0 Å². The minimum atomic E-state index is -0.0269. The summed E-state index contributed by atoms with van der Waals surface area (Å²) in [4.78, 5) is 24.1. The molecule has 1 amide bonds. The van der Waals surface area contributed by atoms with Crippen molar-refractivity contribution >= 4 is 47.2 Å².